The highest BCUT2D eigenvalue weighted by Crippen LogP contribution is 2.09. The number of nitrogens with zero attached hydrogens (tertiary/aromatic N) is 2. The third-order valence-electron chi connectivity index (χ3n) is 3.27. The van der Waals surface area contributed by atoms with Crippen molar-refractivity contribution in [1.29, 1.82) is 0 Å². The lowest BCUT2D eigenvalue weighted by Gasteiger charge is -2.25. The van der Waals surface area contributed by atoms with Gasteiger partial charge in [0.1, 0.15) is 6.04 Å². The van der Waals surface area contributed by atoms with Crippen LogP contribution in [0, 0.1) is 0 Å². The quantitative estimate of drug-likeness (QED) is 0.815. The lowest BCUT2D eigenvalue weighted by molar-refractivity contribution is -0.132. The molecule has 1 atom stereocenters. The molecular weight excluding hydrogens is 309 g/mol. The third-order valence-corrected chi connectivity index (χ3v) is 3.27. The Morgan fingerprint density at radius 2 is 2.10 bits per heavy atom. The van der Waals surface area contributed by atoms with Crippen molar-refractivity contribution >= 4 is 30.7 Å². The first-order chi connectivity index (χ1) is 9.31. The molecule has 1 aliphatic heterocycles. The molecule has 0 spiro atoms. The molecule has 1 aliphatic rings. The monoisotopic (exact) mass is 331 g/mol. The molecule has 1 aromatic heterocycles. The molecule has 1 amide bonds. The van der Waals surface area contributed by atoms with Crippen molar-refractivity contribution in [1.82, 2.24) is 15.2 Å². The molecule has 0 aliphatic carbocycles. The van der Waals surface area contributed by atoms with Gasteiger partial charge in [0.25, 0.3) is 0 Å². The van der Waals surface area contributed by atoms with E-state index in [1.807, 2.05) is 29.2 Å². The topological polar surface area (TPSA) is 45.2 Å². The normalized spacial score (nSPS) is 16.0. The Labute approximate surface area is 138 Å². The van der Waals surface area contributed by atoms with E-state index in [2.05, 4.69) is 17.2 Å². The molecule has 4 nitrogen and oxygen atoms in total. The number of unbranched alkanes of at least 4 members (excludes halogenated alkanes) is 1. The second-order valence-corrected chi connectivity index (χ2v) is 4.78. The summed E-state index contributed by atoms with van der Waals surface area (Å²) < 4.78 is 0. The maximum absolute atomic E-state index is 12.5. The van der Waals surface area contributed by atoms with E-state index in [0.717, 1.165) is 31.5 Å². The van der Waals surface area contributed by atoms with Crippen LogP contribution in [0.1, 0.15) is 25.3 Å². The number of hydrogen-bond acceptors (Lipinski definition) is 3. The van der Waals surface area contributed by atoms with Gasteiger partial charge in [-0.3, -0.25) is 15.1 Å². The van der Waals surface area contributed by atoms with Crippen LogP contribution in [0.25, 0.3) is 0 Å². The minimum atomic E-state index is -0.154. The molecule has 2 rings (SSSR count). The number of carbonyl (C=O) groups excluding carboxylic acids is 1. The molecule has 1 aromatic rings. The highest BCUT2D eigenvalue weighted by Gasteiger charge is 2.23. The van der Waals surface area contributed by atoms with Crippen LogP contribution in [0.4, 0.5) is 0 Å². The van der Waals surface area contributed by atoms with Crippen LogP contribution in [0.3, 0.4) is 0 Å². The van der Waals surface area contributed by atoms with Crippen molar-refractivity contribution in [3.05, 3.63) is 42.2 Å². The first kappa shape index (κ1) is 19.9. The largest absolute Gasteiger partial charge is 0.337 e. The highest BCUT2D eigenvalue weighted by molar-refractivity contribution is 5.85. The van der Waals surface area contributed by atoms with E-state index < -0.39 is 0 Å². The molecule has 0 fully saturated rings. The molecule has 0 saturated heterocycles. The summed E-state index contributed by atoms with van der Waals surface area (Å²) in [5.41, 5.74) is 1.13. The number of carbonyl (C=O) groups is 1. The second kappa shape index (κ2) is 10.6. The van der Waals surface area contributed by atoms with Crippen LogP contribution >= 0.6 is 24.8 Å². The molecular formula is C15H23Cl2N3O. The average molecular weight is 332 g/mol. The molecule has 1 unspecified atom stereocenters. The van der Waals surface area contributed by atoms with Gasteiger partial charge < -0.3 is 4.90 Å². The van der Waals surface area contributed by atoms with Crippen molar-refractivity contribution in [3.8, 4) is 0 Å². The van der Waals surface area contributed by atoms with Crippen molar-refractivity contribution < 1.29 is 4.79 Å². The predicted octanol–water partition coefficient (Wildman–Crippen LogP) is 2.58. The van der Waals surface area contributed by atoms with Crippen LogP contribution in [0.2, 0.25) is 0 Å². The van der Waals surface area contributed by atoms with E-state index in [4.69, 9.17) is 0 Å². The van der Waals surface area contributed by atoms with Crippen molar-refractivity contribution in [2.24, 2.45) is 0 Å². The Bertz CT molecular complexity index is 440. The van der Waals surface area contributed by atoms with Gasteiger partial charge in [0.2, 0.25) is 5.91 Å². The SMILES string of the molecule is CCCCN(Cc1ccncc1)C(=O)C1C=CCN1.Cl.Cl. The fourth-order valence-corrected chi connectivity index (χ4v) is 2.16. The molecule has 0 radical (unpaired) electrons. The van der Waals surface area contributed by atoms with E-state index in [1.165, 1.54) is 0 Å². The smallest absolute Gasteiger partial charge is 0.243 e. The van der Waals surface area contributed by atoms with Crippen LogP contribution in [0.5, 0.6) is 0 Å². The summed E-state index contributed by atoms with van der Waals surface area (Å²) in [6.45, 7) is 4.40. The molecule has 2 heterocycles. The van der Waals surface area contributed by atoms with E-state index in [9.17, 15) is 4.79 Å². The molecule has 21 heavy (non-hydrogen) atoms. The summed E-state index contributed by atoms with van der Waals surface area (Å²) in [4.78, 5) is 18.4. The molecule has 6 heteroatoms. The maximum atomic E-state index is 12.5. The predicted molar refractivity (Wildman–Crippen MR) is 90.0 cm³/mol. The molecule has 118 valence electrons. The summed E-state index contributed by atoms with van der Waals surface area (Å²) in [6, 6.07) is 3.77. The molecule has 1 N–H and O–H groups in total. The van der Waals surface area contributed by atoms with Crippen LogP contribution in [-0.4, -0.2) is 34.9 Å². The van der Waals surface area contributed by atoms with Gasteiger partial charge in [-0.25, -0.2) is 0 Å². The third kappa shape index (κ3) is 6.04. The van der Waals surface area contributed by atoms with Gasteiger partial charge in [-0.05, 0) is 24.1 Å². The standard InChI is InChI=1S/C15H21N3O.2ClH/c1-2-3-11-18(12-13-6-9-16-10-7-13)15(19)14-5-4-8-17-14;;/h4-7,9-10,14,17H,2-3,8,11-12H2,1H3;2*1H. The number of halogens is 2. The first-order valence-corrected chi connectivity index (χ1v) is 6.89. The highest BCUT2D eigenvalue weighted by atomic mass is 35.5. The van der Waals surface area contributed by atoms with Gasteiger partial charge in [-0.2, -0.15) is 0 Å². The number of aromatic nitrogens is 1. The van der Waals surface area contributed by atoms with E-state index >= 15 is 0 Å². The summed E-state index contributed by atoms with van der Waals surface area (Å²) in [7, 11) is 0. The van der Waals surface area contributed by atoms with Gasteiger partial charge in [-0.1, -0.05) is 25.5 Å². The fraction of sp³-hybridized carbons (Fsp3) is 0.467. The Balaban J connectivity index is 0.00000200. The van der Waals surface area contributed by atoms with E-state index in [1.54, 1.807) is 12.4 Å². The lowest BCUT2D eigenvalue weighted by atomic mass is 10.2. The van der Waals surface area contributed by atoms with Crippen LogP contribution in [-0.2, 0) is 11.3 Å². The van der Waals surface area contributed by atoms with Gasteiger partial charge in [0.05, 0.1) is 0 Å². The summed E-state index contributed by atoms with van der Waals surface area (Å²) >= 11 is 0. The number of nitrogens with one attached hydrogen (secondary N) is 1. The molecule has 0 aromatic carbocycles. The van der Waals surface area contributed by atoms with Gasteiger partial charge in [0, 0.05) is 32.0 Å². The van der Waals surface area contributed by atoms with Gasteiger partial charge in [-0.15, -0.1) is 24.8 Å². The zero-order valence-corrected chi connectivity index (χ0v) is 13.8. The Morgan fingerprint density at radius 1 is 1.38 bits per heavy atom. The van der Waals surface area contributed by atoms with Crippen molar-refractivity contribution in [3.63, 3.8) is 0 Å². The zero-order chi connectivity index (χ0) is 13.5. The van der Waals surface area contributed by atoms with Crippen molar-refractivity contribution in [2.75, 3.05) is 13.1 Å². The Kier molecular flexibility index (Phi) is 10.0. The molecule has 0 saturated carbocycles. The van der Waals surface area contributed by atoms with Gasteiger partial charge in [0.15, 0.2) is 0 Å². The van der Waals surface area contributed by atoms with Crippen LogP contribution < -0.4 is 5.32 Å². The number of rotatable bonds is 6. The number of pyridine rings is 1. The van der Waals surface area contributed by atoms with Crippen LogP contribution in [0.15, 0.2) is 36.7 Å². The van der Waals surface area contributed by atoms with Crippen molar-refractivity contribution in [2.45, 2.75) is 32.4 Å². The minimum absolute atomic E-state index is 0. The lowest BCUT2D eigenvalue weighted by Crippen LogP contribution is -2.43. The summed E-state index contributed by atoms with van der Waals surface area (Å²) in [5.74, 6) is 0.166. The zero-order valence-electron chi connectivity index (χ0n) is 12.2. The summed E-state index contributed by atoms with van der Waals surface area (Å²) in [6.07, 6.45) is 9.62. The molecule has 0 bridgehead atoms. The van der Waals surface area contributed by atoms with Gasteiger partial charge >= 0.3 is 0 Å². The number of hydrogen-bond donors (Lipinski definition) is 1. The number of amides is 1. The Morgan fingerprint density at radius 3 is 2.67 bits per heavy atom. The van der Waals surface area contributed by atoms with E-state index in [0.29, 0.717) is 6.54 Å². The summed E-state index contributed by atoms with van der Waals surface area (Å²) in [5, 5.41) is 3.18. The average Bonchev–Trinajstić information content (AvgIpc) is 2.98. The fourth-order valence-electron chi connectivity index (χ4n) is 2.16. The maximum Gasteiger partial charge on any atom is 0.243 e. The first-order valence-electron chi connectivity index (χ1n) is 6.89. The Hall–Kier alpha value is -1.10. The van der Waals surface area contributed by atoms with E-state index in [-0.39, 0.29) is 36.8 Å². The second-order valence-electron chi connectivity index (χ2n) is 4.78. The minimum Gasteiger partial charge on any atom is -0.337 e.